The third-order valence-corrected chi connectivity index (χ3v) is 3.84. The maximum atomic E-state index is 10.9. The number of nitrogens with zero attached hydrogens (tertiary/aromatic N) is 1. The van der Waals surface area contributed by atoms with Crippen molar-refractivity contribution in [2.24, 2.45) is 0 Å². The van der Waals surface area contributed by atoms with Crippen molar-refractivity contribution < 1.29 is 9.59 Å². The van der Waals surface area contributed by atoms with Crippen LogP contribution in [0.4, 0.5) is 5.69 Å². The molecule has 1 aromatic heterocycles. The summed E-state index contributed by atoms with van der Waals surface area (Å²) in [6.45, 7) is 3.42. The Labute approximate surface area is 105 Å². The van der Waals surface area contributed by atoms with Crippen molar-refractivity contribution in [1.82, 2.24) is 5.32 Å². The van der Waals surface area contributed by atoms with Crippen molar-refractivity contribution in [3.63, 3.8) is 0 Å². The van der Waals surface area contributed by atoms with Crippen molar-refractivity contribution in [2.45, 2.75) is 25.8 Å². The molecule has 0 radical (unpaired) electrons. The van der Waals surface area contributed by atoms with Crippen LogP contribution in [0.5, 0.6) is 0 Å². The molecule has 1 aromatic rings. The van der Waals surface area contributed by atoms with Gasteiger partial charge >= 0.3 is 0 Å². The van der Waals surface area contributed by atoms with Gasteiger partial charge in [-0.2, -0.15) is 0 Å². The topological polar surface area (TPSA) is 49.4 Å². The minimum absolute atomic E-state index is 0.0437. The highest BCUT2D eigenvalue weighted by atomic mass is 32.1. The SMILES string of the molecule is CC(=O)NC1CCN(c2csc(C=O)c2)CC1. The summed E-state index contributed by atoms with van der Waals surface area (Å²) in [5.74, 6) is 0.0437. The van der Waals surface area contributed by atoms with E-state index in [0.29, 0.717) is 6.04 Å². The third kappa shape index (κ3) is 3.06. The number of amides is 1. The molecule has 17 heavy (non-hydrogen) atoms. The molecule has 1 N–H and O–H groups in total. The zero-order valence-electron chi connectivity index (χ0n) is 9.81. The smallest absolute Gasteiger partial charge is 0.217 e. The number of nitrogens with one attached hydrogen (secondary N) is 1. The number of anilines is 1. The van der Waals surface area contributed by atoms with Gasteiger partial charge in [-0.15, -0.1) is 11.3 Å². The lowest BCUT2D eigenvalue weighted by atomic mass is 10.0. The van der Waals surface area contributed by atoms with Crippen LogP contribution in [0.15, 0.2) is 11.4 Å². The zero-order chi connectivity index (χ0) is 12.3. The highest BCUT2D eigenvalue weighted by Gasteiger charge is 2.20. The fourth-order valence-electron chi connectivity index (χ4n) is 2.14. The van der Waals surface area contributed by atoms with Crippen LogP contribution in [0, 0.1) is 0 Å². The van der Waals surface area contributed by atoms with Gasteiger partial charge in [0.15, 0.2) is 6.29 Å². The summed E-state index contributed by atoms with van der Waals surface area (Å²) >= 11 is 1.48. The van der Waals surface area contributed by atoms with Gasteiger partial charge in [0.1, 0.15) is 0 Å². The van der Waals surface area contributed by atoms with E-state index in [9.17, 15) is 9.59 Å². The average molecular weight is 252 g/mol. The summed E-state index contributed by atoms with van der Waals surface area (Å²) in [5.41, 5.74) is 1.12. The van der Waals surface area contributed by atoms with Crippen LogP contribution >= 0.6 is 11.3 Å². The molecule has 4 nitrogen and oxygen atoms in total. The fourth-order valence-corrected chi connectivity index (χ4v) is 2.86. The monoisotopic (exact) mass is 252 g/mol. The lowest BCUT2D eigenvalue weighted by molar-refractivity contribution is -0.119. The van der Waals surface area contributed by atoms with Gasteiger partial charge in [0, 0.05) is 37.1 Å². The van der Waals surface area contributed by atoms with Gasteiger partial charge in [-0.05, 0) is 18.9 Å². The Morgan fingerprint density at radius 1 is 1.53 bits per heavy atom. The first-order valence-corrected chi connectivity index (χ1v) is 6.63. The second-order valence-electron chi connectivity index (χ2n) is 4.29. The van der Waals surface area contributed by atoms with Gasteiger partial charge < -0.3 is 10.2 Å². The molecule has 0 spiro atoms. The Kier molecular flexibility index (Phi) is 3.78. The van der Waals surface area contributed by atoms with E-state index in [1.165, 1.54) is 11.3 Å². The summed E-state index contributed by atoms with van der Waals surface area (Å²) in [6, 6.07) is 2.23. The third-order valence-electron chi connectivity index (χ3n) is 2.99. The number of thiophene rings is 1. The zero-order valence-corrected chi connectivity index (χ0v) is 10.6. The molecule has 2 rings (SSSR count). The van der Waals surface area contributed by atoms with Crippen LogP contribution in [0.25, 0.3) is 0 Å². The van der Waals surface area contributed by atoms with Crippen LogP contribution in [-0.2, 0) is 4.79 Å². The van der Waals surface area contributed by atoms with Crippen molar-refractivity contribution in [2.75, 3.05) is 18.0 Å². The van der Waals surface area contributed by atoms with Crippen LogP contribution in [0.3, 0.4) is 0 Å². The standard InChI is InChI=1S/C12H16N2O2S/c1-9(16)13-10-2-4-14(5-3-10)11-6-12(7-15)17-8-11/h6-8,10H,2-5H2,1H3,(H,13,16). The fraction of sp³-hybridized carbons (Fsp3) is 0.500. The van der Waals surface area contributed by atoms with E-state index in [2.05, 4.69) is 10.2 Å². The molecule has 5 heteroatoms. The predicted molar refractivity (Wildman–Crippen MR) is 68.8 cm³/mol. The number of carbonyl (C=O) groups is 2. The van der Waals surface area contributed by atoms with Crippen LogP contribution in [0.1, 0.15) is 29.4 Å². The van der Waals surface area contributed by atoms with Crippen molar-refractivity contribution in [1.29, 1.82) is 0 Å². The molecule has 0 aliphatic carbocycles. The van der Waals surface area contributed by atoms with Crippen molar-refractivity contribution in [3.05, 3.63) is 16.3 Å². The number of hydrogen-bond acceptors (Lipinski definition) is 4. The number of piperidine rings is 1. The van der Waals surface area contributed by atoms with E-state index in [1.54, 1.807) is 6.92 Å². The van der Waals surface area contributed by atoms with Crippen molar-refractivity contribution >= 4 is 29.2 Å². The highest BCUT2D eigenvalue weighted by molar-refractivity contribution is 7.12. The number of rotatable bonds is 3. The number of hydrogen-bond donors (Lipinski definition) is 1. The van der Waals surface area contributed by atoms with Gasteiger partial charge in [-0.1, -0.05) is 0 Å². The summed E-state index contributed by atoms with van der Waals surface area (Å²) in [4.78, 5) is 24.6. The van der Waals surface area contributed by atoms with Gasteiger partial charge in [0.2, 0.25) is 5.91 Å². The van der Waals surface area contributed by atoms with E-state index in [-0.39, 0.29) is 5.91 Å². The molecule has 1 saturated heterocycles. The summed E-state index contributed by atoms with van der Waals surface area (Å²) in [7, 11) is 0. The number of aldehydes is 1. The molecule has 0 bridgehead atoms. The molecule has 1 amide bonds. The molecule has 0 saturated carbocycles. The van der Waals surface area contributed by atoms with Crippen molar-refractivity contribution in [3.8, 4) is 0 Å². The maximum Gasteiger partial charge on any atom is 0.217 e. The predicted octanol–water partition coefficient (Wildman–Crippen LogP) is 1.67. The second kappa shape index (κ2) is 5.31. The molecule has 92 valence electrons. The lowest BCUT2D eigenvalue weighted by Crippen LogP contribution is -2.43. The van der Waals surface area contributed by atoms with E-state index in [0.717, 1.165) is 42.8 Å². The summed E-state index contributed by atoms with van der Waals surface area (Å²) in [6.07, 6.45) is 2.82. The highest BCUT2D eigenvalue weighted by Crippen LogP contribution is 2.25. The normalized spacial score (nSPS) is 16.9. The van der Waals surface area contributed by atoms with Crippen LogP contribution in [0.2, 0.25) is 0 Å². The van der Waals surface area contributed by atoms with Crippen LogP contribution in [-0.4, -0.2) is 31.3 Å². The minimum atomic E-state index is 0.0437. The molecule has 0 atom stereocenters. The van der Waals surface area contributed by atoms with E-state index in [4.69, 9.17) is 0 Å². The Bertz CT molecular complexity index is 408. The maximum absolute atomic E-state index is 10.9. The van der Waals surface area contributed by atoms with Gasteiger partial charge in [0.05, 0.1) is 4.88 Å². The molecule has 1 aliphatic rings. The van der Waals surface area contributed by atoms with E-state index in [1.807, 2.05) is 11.4 Å². The lowest BCUT2D eigenvalue weighted by Gasteiger charge is -2.33. The van der Waals surface area contributed by atoms with Crippen LogP contribution < -0.4 is 10.2 Å². The minimum Gasteiger partial charge on any atom is -0.371 e. The molecule has 1 aliphatic heterocycles. The van der Waals surface area contributed by atoms with E-state index >= 15 is 0 Å². The molecule has 0 unspecified atom stereocenters. The van der Waals surface area contributed by atoms with Gasteiger partial charge in [-0.25, -0.2) is 0 Å². The molecular weight excluding hydrogens is 236 g/mol. The first-order valence-electron chi connectivity index (χ1n) is 5.75. The van der Waals surface area contributed by atoms with Gasteiger partial charge in [0.25, 0.3) is 0 Å². The van der Waals surface area contributed by atoms with Gasteiger partial charge in [-0.3, -0.25) is 9.59 Å². The summed E-state index contributed by atoms with van der Waals surface area (Å²) in [5, 5.41) is 4.97. The Morgan fingerprint density at radius 2 is 2.24 bits per heavy atom. The molecule has 2 heterocycles. The Hall–Kier alpha value is -1.36. The first kappa shape index (κ1) is 12.1. The number of carbonyl (C=O) groups excluding carboxylic acids is 2. The Balaban J connectivity index is 1.90. The van der Waals surface area contributed by atoms with E-state index < -0.39 is 0 Å². The molecule has 0 aromatic carbocycles. The quantitative estimate of drug-likeness (QED) is 0.832. The second-order valence-corrected chi connectivity index (χ2v) is 5.23. The first-order chi connectivity index (χ1) is 8.19. The average Bonchev–Trinajstić information content (AvgIpc) is 2.78. The largest absolute Gasteiger partial charge is 0.371 e. The molecular formula is C12H16N2O2S. The Morgan fingerprint density at radius 3 is 2.76 bits per heavy atom. The summed E-state index contributed by atoms with van der Waals surface area (Å²) < 4.78 is 0. The molecule has 1 fully saturated rings.